The van der Waals surface area contributed by atoms with Gasteiger partial charge < -0.3 is 19.5 Å². The summed E-state index contributed by atoms with van der Waals surface area (Å²) in [6, 6.07) is 29.3. The maximum Gasteiger partial charge on any atom is 0.264 e. The molecular weight excluding hydrogens is 504 g/mol. The number of methoxy groups -OCH3 is 2. The summed E-state index contributed by atoms with van der Waals surface area (Å²) in [5, 5.41) is 2.76. The predicted molar refractivity (Wildman–Crippen MR) is 146 cm³/mol. The van der Waals surface area contributed by atoms with E-state index >= 15 is 0 Å². The van der Waals surface area contributed by atoms with Gasteiger partial charge in [-0.2, -0.15) is 0 Å². The lowest BCUT2D eigenvalue weighted by atomic mass is 10.2. The van der Waals surface area contributed by atoms with Crippen molar-refractivity contribution >= 4 is 27.3 Å². The first-order valence-corrected chi connectivity index (χ1v) is 13.2. The molecule has 0 aliphatic heterocycles. The quantitative estimate of drug-likeness (QED) is 0.288. The van der Waals surface area contributed by atoms with Gasteiger partial charge in [0.1, 0.15) is 30.4 Å². The first kappa shape index (κ1) is 26.6. The second-order valence-electron chi connectivity index (χ2n) is 8.21. The molecule has 8 nitrogen and oxygen atoms in total. The van der Waals surface area contributed by atoms with E-state index < -0.39 is 22.5 Å². The molecule has 0 saturated heterocycles. The Balaban J connectivity index is 1.52. The monoisotopic (exact) mass is 532 g/mol. The highest BCUT2D eigenvalue weighted by atomic mass is 32.2. The lowest BCUT2D eigenvalue weighted by molar-refractivity contribution is -0.114. The molecule has 1 N–H and O–H groups in total. The van der Waals surface area contributed by atoms with Gasteiger partial charge in [-0.25, -0.2) is 8.42 Å². The first-order valence-electron chi connectivity index (χ1n) is 11.8. The van der Waals surface area contributed by atoms with Crippen molar-refractivity contribution in [3.8, 4) is 17.2 Å². The molecule has 0 bridgehead atoms. The summed E-state index contributed by atoms with van der Waals surface area (Å²) < 4.78 is 44.7. The highest BCUT2D eigenvalue weighted by Crippen LogP contribution is 2.32. The van der Waals surface area contributed by atoms with E-state index in [2.05, 4.69) is 5.32 Å². The Hall–Kier alpha value is -4.50. The van der Waals surface area contributed by atoms with Crippen LogP contribution in [0.4, 0.5) is 11.4 Å². The van der Waals surface area contributed by atoms with Crippen molar-refractivity contribution < 1.29 is 27.4 Å². The van der Waals surface area contributed by atoms with Crippen molar-refractivity contribution in [1.29, 1.82) is 0 Å². The molecule has 9 heteroatoms. The Bertz CT molecular complexity index is 1460. The van der Waals surface area contributed by atoms with Gasteiger partial charge >= 0.3 is 0 Å². The SMILES string of the molecule is COc1ccc(S(=O)(=O)N(CC(=O)Nc2ccc(OCc3ccccc3)cc2)c2ccccc2OC)cc1. The van der Waals surface area contributed by atoms with Gasteiger partial charge in [0, 0.05) is 5.69 Å². The van der Waals surface area contributed by atoms with Gasteiger partial charge in [0.15, 0.2) is 0 Å². The number of carbonyl (C=O) groups is 1. The lowest BCUT2D eigenvalue weighted by Gasteiger charge is -2.25. The number of nitrogens with one attached hydrogen (secondary N) is 1. The van der Waals surface area contributed by atoms with Crippen LogP contribution in [0.25, 0.3) is 0 Å². The summed E-state index contributed by atoms with van der Waals surface area (Å²) in [6.45, 7) is -0.0510. The fourth-order valence-corrected chi connectivity index (χ4v) is 5.15. The standard InChI is InChI=1S/C29H28N2O6S/c1-35-24-16-18-26(19-17-24)38(33,34)31(27-10-6-7-11-28(27)36-2)20-29(32)30-23-12-14-25(15-13-23)37-21-22-8-4-3-5-9-22/h3-19H,20-21H2,1-2H3,(H,30,32). The topological polar surface area (TPSA) is 94.2 Å². The van der Waals surface area contributed by atoms with Crippen LogP contribution < -0.4 is 23.8 Å². The second-order valence-corrected chi connectivity index (χ2v) is 10.1. The molecule has 0 saturated carbocycles. The number of para-hydroxylation sites is 2. The van der Waals surface area contributed by atoms with Crippen LogP contribution in [0.3, 0.4) is 0 Å². The van der Waals surface area contributed by atoms with Gasteiger partial charge in [-0.3, -0.25) is 9.10 Å². The third-order valence-electron chi connectivity index (χ3n) is 5.67. The van der Waals surface area contributed by atoms with Crippen molar-refractivity contribution in [2.45, 2.75) is 11.5 Å². The van der Waals surface area contributed by atoms with Gasteiger partial charge in [0.2, 0.25) is 5.91 Å². The van der Waals surface area contributed by atoms with E-state index in [1.165, 1.54) is 26.4 Å². The Kier molecular flexibility index (Phi) is 8.50. The summed E-state index contributed by atoms with van der Waals surface area (Å²) in [4.78, 5) is 13.1. The van der Waals surface area contributed by atoms with Crippen molar-refractivity contribution in [3.63, 3.8) is 0 Å². The molecule has 0 aromatic heterocycles. The Morgan fingerprint density at radius 3 is 2.05 bits per heavy atom. The second kappa shape index (κ2) is 12.2. The average Bonchev–Trinajstić information content (AvgIpc) is 2.96. The summed E-state index contributed by atoms with van der Waals surface area (Å²) in [5.74, 6) is 0.953. The molecular formula is C29H28N2O6S. The lowest BCUT2D eigenvalue weighted by Crippen LogP contribution is -2.38. The van der Waals surface area contributed by atoms with Gasteiger partial charge in [-0.15, -0.1) is 0 Å². The molecule has 0 spiro atoms. The zero-order valence-corrected chi connectivity index (χ0v) is 21.9. The van der Waals surface area contributed by atoms with Crippen LogP contribution in [0.15, 0.2) is 108 Å². The summed E-state index contributed by atoms with van der Waals surface area (Å²) in [6.07, 6.45) is 0. The fourth-order valence-electron chi connectivity index (χ4n) is 3.72. The third-order valence-corrected chi connectivity index (χ3v) is 7.45. The fraction of sp³-hybridized carbons (Fsp3) is 0.138. The Morgan fingerprint density at radius 1 is 0.763 bits per heavy atom. The number of hydrogen-bond acceptors (Lipinski definition) is 6. The number of benzene rings is 4. The van der Waals surface area contributed by atoms with Crippen LogP contribution in [0.1, 0.15) is 5.56 Å². The van der Waals surface area contributed by atoms with E-state index in [0.717, 1.165) is 9.87 Å². The van der Waals surface area contributed by atoms with Gasteiger partial charge in [0.05, 0.1) is 24.8 Å². The van der Waals surface area contributed by atoms with Crippen molar-refractivity contribution in [3.05, 3.63) is 109 Å². The van der Waals surface area contributed by atoms with Gasteiger partial charge in [0.25, 0.3) is 10.0 Å². The van der Waals surface area contributed by atoms with Crippen LogP contribution >= 0.6 is 0 Å². The molecule has 0 fully saturated rings. The van der Waals surface area contributed by atoms with Gasteiger partial charge in [-0.1, -0.05) is 42.5 Å². The highest BCUT2D eigenvalue weighted by molar-refractivity contribution is 7.92. The normalized spacial score (nSPS) is 10.9. The van der Waals surface area contributed by atoms with E-state index in [1.54, 1.807) is 60.7 Å². The van der Waals surface area contributed by atoms with Crippen molar-refractivity contribution in [2.24, 2.45) is 0 Å². The van der Waals surface area contributed by atoms with E-state index in [4.69, 9.17) is 14.2 Å². The maximum absolute atomic E-state index is 13.7. The molecule has 4 aromatic rings. The van der Waals surface area contributed by atoms with Crippen LogP contribution in [-0.4, -0.2) is 35.1 Å². The van der Waals surface area contributed by atoms with Crippen molar-refractivity contribution in [2.75, 3.05) is 30.4 Å². The van der Waals surface area contributed by atoms with Crippen LogP contribution in [0.2, 0.25) is 0 Å². The first-order chi connectivity index (χ1) is 18.4. The number of hydrogen-bond donors (Lipinski definition) is 1. The van der Waals surface area contributed by atoms with Crippen molar-refractivity contribution in [1.82, 2.24) is 0 Å². The van der Waals surface area contributed by atoms with E-state index in [1.807, 2.05) is 30.3 Å². The number of sulfonamides is 1. The number of nitrogens with zero attached hydrogens (tertiary/aromatic N) is 1. The largest absolute Gasteiger partial charge is 0.497 e. The number of ether oxygens (including phenoxy) is 3. The van der Waals surface area contributed by atoms with Crippen LogP contribution in [-0.2, 0) is 21.4 Å². The molecule has 1 amide bonds. The van der Waals surface area contributed by atoms with E-state index in [-0.39, 0.29) is 10.6 Å². The minimum Gasteiger partial charge on any atom is -0.497 e. The highest BCUT2D eigenvalue weighted by Gasteiger charge is 2.29. The van der Waals surface area contributed by atoms with E-state index in [9.17, 15) is 13.2 Å². The number of rotatable bonds is 11. The van der Waals surface area contributed by atoms with E-state index in [0.29, 0.717) is 29.5 Å². The maximum atomic E-state index is 13.7. The third kappa shape index (κ3) is 6.43. The van der Waals surface area contributed by atoms with Gasteiger partial charge in [-0.05, 0) is 66.2 Å². The molecule has 4 rings (SSSR count). The number of amides is 1. The number of anilines is 2. The molecule has 0 heterocycles. The van der Waals surface area contributed by atoms with Crippen LogP contribution in [0.5, 0.6) is 17.2 Å². The minimum absolute atomic E-state index is 0.0110. The Labute approximate surface area is 222 Å². The molecule has 0 atom stereocenters. The molecule has 0 aliphatic rings. The predicted octanol–water partition coefficient (Wildman–Crippen LogP) is 5.12. The molecule has 0 radical (unpaired) electrons. The molecule has 4 aromatic carbocycles. The van der Waals surface area contributed by atoms with Crippen LogP contribution in [0, 0.1) is 0 Å². The summed E-state index contributed by atoms with van der Waals surface area (Å²) in [5.41, 5.74) is 1.79. The summed E-state index contributed by atoms with van der Waals surface area (Å²) >= 11 is 0. The smallest absolute Gasteiger partial charge is 0.264 e. The molecule has 38 heavy (non-hydrogen) atoms. The zero-order chi connectivity index (χ0) is 27.0. The average molecular weight is 533 g/mol. The minimum atomic E-state index is -4.12. The Morgan fingerprint density at radius 2 is 1.39 bits per heavy atom. The zero-order valence-electron chi connectivity index (χ0n) is 21.0. The molecule has 0 aliphatic carbocycles. The molecule has 196 valence electrons. The molecule has 0 unspecified atom stereocenters. The summed E-state index contributed by atoms with van der Waals surface area (Å²) in [7, 11) is -1.18. The number of carbonyl (C=O) groups excluding carboxylic acids is 1.